The largest absolute Gasteiger partial charge is 0.326 e. The molecule has 0 spiro atoms. The minimum Gasteiger partial charge on any atom is -0.326 e. The molecular weight excluding hydrogens is 294 g/mol. The van der Waals surface area contributed by atoms with Gasteiger partial charge in [0.1, 0.15) is 11.0 Å². The van der Waals surface area contributed by atoms with E-state index in [0.717, 1.165) is 0 Å². The standard InChI is InChI=1S/C12H11N5O3S/c1-8(18)16-10-2-3-11(12(4-10)21(14,19)20)17-7-9(5-13)6-15-17/h2-4,6-7H,1H3,(H,16,18)(H2,14,19,20). The molecule has 3 N–H and O–H groups in total. The smallest absolute Gasteiger partial charge is 0.240 e. The first-order valence-corrected chi connectivity index (χ1v) is 7.25. The van der Waals surface area contributed by atoms with E-state index in [1.807, 2.05) is 6.07 Å². The highest BCUT2D eigenvalue weighted by atomic mass is 32.2. The van der Waals surface area contributed by atoms with E-state index < -0.39 is 10.0 Å². The van der Waals surface area contributed by atoms with E-state index in [9.17, 15) is 13.2 Å². The second-order valence-corrected chi connectivity index (χ2v) is 5.72. The number of anilines is 1. The second kappa shape index (κ2) is 5.35. The summed E-state index contributed by atoms with van der Waals surface area (Å²) in [6, 6.07) is 6.08. The Morgan fingerprint density at radius 1 is 1.48 bits per heavy atom. The number of nitrogens with one attached hydrogen (secondary N) is 1. The number of carbonyl (C=O) groups is 1. The Morgan fingerprint density at radius 2 is 2.19 bits per heavy atom. The molecule has 1 heterocycles. The third-order valence-corrected chi connectivity index (χ3v) is 3.49. The number of nitrogens with zero attached hydrogens (tertiary/aromatic N) is 3. The average Bonchev–Trinajstić information content (AvgIpc) is 2.85. The number of nitriles is 1. The highest BCUT2D eigenvalue weighted by Gasteiger charge is 2.17. The minimum atomic E-state index is -4.03. The number of hydrogen-bond acceptors (Lipinski definition) is 5. The molecule has 108 valence electrons. The van der Waals surface area contributed by atoms with Crippen LogP contribution in [0.5, 0.6) is 0 Å². The summed E-state index contributed by atoms with van der Waals surface area (Å²) in [5.41, 5.74) is 0.761. The maximum atomic E-state index is 11.7. The van der Waals surface area contributed by atoms with Gasteiger partial charge in [0.05, 0.1) is 17.4 Å². The normalized spacial score (nSPS) is 10.9. The van der Waals surface area contributed by atoms with Crippen LogP contribution in [0.4, 0.5) is 5.69 Å². The Hall–Kier alpha value is -2.70. The van der Waals surface area contributed by atoms with E-state index in [0.29, 0.717) is 5.69 Å². The lowest BCUT2D eigenvalue weighted by Crippen LogP contribution is -2.16. The summed E-state index contributed by atoms with van der Waals surface area (Å²) < 4.78 is 24.6. The Kier molecular flexibility index (Phi) is 3.75. The lowest BCUT2D eigenvalue weighted by molar-refractivity contribution is -0.114. The zero-order chi connectivity index (χ0) is 15.6. The van der Waals surface area contributed by atoms with Crippen LogP contribution in [0.25, 0.3) is 5.69 Å². The van der Waals surface area contributed by atoms with Gasteiger partial charge in [-0.05, 0) is 18.2 Å². The molecule has 21 heavy (non-hydrogen) atoms. The SMILES string of the molecule is CC(=O)Nc1ccc(-n2cc(C#N)cn2)c(S(N)(=O)=O)c1. The van der Waals surface area contributed by atoms with E-state index in [2.05, 4.69) is 10.4 Å². The number of benzene rings is 1. The first-order valence-electron chi connectivity index (χ1n) is 5.71. The second-order valence-electron chi connectivity index (χ2n) is 4.19. The van der Waals surface area contributed by atoms with Crippen molar-refractivity contribution in [1.82, 2.24) is 9.78 Å². The van der Waals surface area contributed by atoms with Gasteiger partial charge in [-0.25, -0.2) is 18.2 Å². The van der Waals surface area contributed by atoms with Crippen molar-refractivity contribution in [3.8, 4) is 11.8 Å². The van der Waals surface area contributed by atoms with Gasteiger partial charge in [0.2, 0.25) is 15.9 Å². The van der Waals surface area contributed by atoms with E-state index in [4.69, 9.17) is 10.4 Å². The van der Waals surface area contributed by atoms with Crippen molar-refractivity contribution < 1.29 is 13.2 Å². The molecule has 0 aliphatic rings. The topological polar surface area (TPSA) is 131 Å². The fourth-order valence-electron chi connectivity index (χ4n) is 1.72. The van der Waals surface area contributed by atoms with Crippen molar-refractivity contribution in [2.75, 3.05) is 5.32 Å². The van der Waals surface area contributed by atoms with Crippen molar-refractivity contribution in [2.45, 2.75) is 11.8 Å². The van der Waals surface area contributed by atoms with Gasteiger partial charge in [-0.1, -0.05) is 0 Å². The van der Waals surface area contributed by atoms with E-state index >= 15 is 0 Å². The molecule has 0 unspecified atom stereocenters. The van der Waals surface area contributed by atoms with Crippen molar-refractivity contribution >= 4 is 21.6 Å². The van der Waals surface area contributed by atoms with E-state index in [1.165, 1.54) is 42.2 Å². The molecule has 0 saturated carbocycles. The zero-order valence-electron chi connectivity index (χ0n) is 10.9. The first-order chi connectivity index (χ1) is 9.81. The summed E-state index contributed by atoms with van der Waals surface area (Å²) in [6.07, 6.45) is 2.68. The van der Waals surface area contributed by atoms with Crippen molar-refractivity contribution in [3.63, 3.8) is 0 Å². The molecule has 2 rings (SSSR count). The van der Waals surface area contributed by atoms with Crippen molar-refractivity contribution in [3.05, 3.63) is 36.2 Å². The number of carbonyl (C=O) groups excluding carboxylic acids is 1. The molecule has 0 saturated heterocycles. The number of aromatic nitrogens is 2. The molecule has 1 amide bonds. The molecule has 0 aliphatic carbocycles. The van der Waals surface area contributed by atoms with Gasteiger partial charge in [0.15, 0.2) is 0 Å². The van der Waals surface area contributed by atoms with Crippen LogP contribution < -0.4 is 10.5 Å². The molecule has 0 atom stereocenters. The predicted octanol–water partition coefficient (Wildman–Crippen LogP) is 0.350. The van der Waals surface area contributed by atoms with Gasteiger partial charge in [-0.2, -0.15) is 10.4 Å². The fraction of sp³-hybridized carbons (Fsp3) is 0.0833. The molecular formula is C12H11N5O3S. The predicted molar refractivity (Wildman–Crippen MR) is 74.0 cm³/mol. The number of hydrogen-bond donors (Lipinski definition) is 2. The molecule has 0 radical (unpaired) electrons. The molecule has 0 bridgehead atoms. The third-order valence-electron chi connectivity index (χ3n) is 2.55. The van der Waals surface area contributed by atoms with Crippen molar-refractivity contribution in [1.29, 1.82) is 5.26 Å². The lowest BCUT2D eigenvalue weighted by Gasteiger charge is -2.10. The first kappa shape index (κ1) is 14.7. The summed E-state index contributed by atoms with van der Waals surface area (Å²) in [7, 11) is -4.03. The van der Waals surface area contributed by atoms with Gasteiger partial charge in [0, 0.05) is 18.8 Å². The number of nitrogens with two attached hydrogens (primary N) is 1. The van der Waals surface area contributed by atoms with Gasteiger partial charge in [0.25, 0.3) is 0 Å². The summed E-state index contributed by atoms with van der Waals surface area (Å²) in [4.78, 5) is 10.8. The molecule has 0 aliphatic heterocycles. The van der Waals surface area contributed by atoms with Crippen molar-refractivity contribution in [2.24, 2.45) is 5.14 Å². The van der Waals surface area contributed by atoms with Crippen LogP contribution >= 0.6 is 0 Å². The van der Waals surface area contributed by atoms with Crippen LogP contribution in [0.2, 0.25) is 0 Å². The Labute approximate surface area is 120 Å². The highest BCUT2D eigenvalue weighted by molar-refractivity contribution is 7.89. The number of amides is 1. The quantitative estimate of drug-likeness (QED) is 0.844. The molecule has 1 aromatic heterocycles. The van der Waals surface area contributed by atoms with E-state index in [1.54, 1.807) is 0 Å². The van der Waals surface area contributed by atoms with Crippen LogP contribution in [-0.4, -0.2) is 24.1 Å². The lowest BCUT2D eigenvalue weighted by atomic mass is 10.2. The summed E-state index contributed by atoms with van der Waals surface area (Å²) in [5.74, 6) is -0.339. The summed E-state index contributed by atoms with van der Waals surface area (Å²) >= 11 is 0. The highest BCUT2D eigenvalue weighted by Crippen LogP contribution is 2.23. The summed E-state index contributed by atoms with van der Waals surface area (Å²) in [6.45, 7) is 1.30. The van der Waals surface area contributed by atoms with Gasteiger partial charge in [-0.15, -0.1) is 0 Å². The molecule has 1 aromatic carbocycles. The summed E-state index contributed by atoms with van der Waals surface area (Å²) in [5, 5.41) is 20.3. The minimum absolute atomic E-state index is 0.188. The van der Waals surface area contributed by atoms with Crippen LogP contribution in [0.1, 0.15) is 12.5 Å². The van der Waals surface area contributed by atoms with Crippen LogP contribution in [0.15, 0.2) is 35.5 Å². The van der Waals surface area contributed by atoms with Gasteiger partial charge >= 0.3 is 0 Å². The zero-order valence-corrected chi connectivity index (χ0v) is 11.8. The fourth-order valence-corrected chi connectivity index (χ4v) is 2.47. The van der Waals surface area contributed by atoms with Crippen LogP contribution in [-0.2, 0) is 14.8 Å². The molecule has 0 fully saturated rings. The maximum Gasteiger partial charge on any atom is 0.240 e. The van der Waals surface area contributed by atoms with E-state index in [-0.39, 0.29) is 22.1 Å². The molecule has 8 nitrogen and oxygen atoms in total. The number of sulfonamides is 1. The Balaban J connectivity index is 2.61. The Morgan fingerprint density at radius 3 is 2.71 bits per heavy atom. The monoisotopic (exact) mass is 305 g/mol. The van der Waals surface area contributed by atoms with Crippen LogP contribution in [0, 0.1) is 11.3 Å². The van der Waals surface area contributed by atoms with Crippen LogP contribution in [0.3, 0.4) is 0 Å². The Bertz CT molecular complexity index is 848. The van der Waals surface area contributed by atoms with Gasteiger partial charge < -0.3 is 5.32 Å². The number of rotatable bonds is 3. The average molecular weight is 305 g/mol. The van der Waals surface area contributed by atoms with Gasteiger partial charge in [-0.3, -0.25) is 4.79 Å². The maximum absolute atomic E-state index is 11.7. The molecule has 9 heteroatoms. The number of primary sulfonamides is 1. The third kappa shape index (κ3) is 3.25. The molecule has 2 aromatic rings.